The van der Waals surface area contributed by atoms with E-state index in [2.05, 4.69) is 21.2 Å². The first kappa shape index (κ1) is 12.1. The van der Waals surface area contributed by atoms with Gasteiger partial charge in [-0.1, -0.05) is 6.08 Å². The van der Waals surface area contributed by atoms with Crippen LogP contribution in [0.1, 0.15) is 5.56 Å². The lowest BCUT2D eigenvalue weighted by molar-refractivity contribution is 0.605. The van der Waals surface area contributed by atoms with Crippen molar-refractivity contribution < 1.29 is 8.42 Å². The van der Waals surface area contributed by atoms with Gasteiger partial charge in [0.15, 0.2) is 9.84 Å². The molecule has 17 heavy (non-hydrogen) atoms. The van der Waals surface area contributed by atoms with E-state index in [1.165, 1.54) is 5.41 Å². The second-order valence-corrected chi connectivity index (χ2v) is 6.50. The summed E-state index contributed by atoms with van der Waals surface area (Å²) in [4.78, 5) is 0. The van der Waals surface area contributed by atoms with Crippen molar-refractivity contribution in [2.24, 2.45) is 0 Å². The first-order chi connectivity index (χ1) is 8.00. The Morgan fingerprint density at radius 2 is 2.24 bits per heavy atom. The molecule has 1 aromatic rings. The summed E-state index contributed by atoms with van der Waals surface area (Å²) in [5.74, 6) is 0.0689. The molecule has 1 atom stereocenters. The Balaban J connectivity index is 2.16. The van der Waals surface area contributed by atoms with Crippen LogP contribution in [0.15, 0.2) is 34.2 Å². The van der Waals surface area contributed by atoms with Crippen molar-refractivity contribution in [2.75, 3.05) is 11.1 Å². The summed E-state index contributed by atoms with van der Waals surface area (Å²) in [6.45, 7) is 0. The highest BCUT2D eigenvalue weighted by Gasteiger charge is 2.21. The number of hydrogen-bond donors (Lipinski definition) is 1. The summed E-state index contributed by atoms with van der Waals surface area (Å²) in [5.41, 5.74) is 1.33. The van der Waals surface area contributed by atoms with Crippen molar-refractivity contribution >= 4 is 31.5 Å². The van der Waals surface area contributed by atoms with Crippen LogP contribution >= 0.6 is 15.9 Å². The summed E-state index contributed by atoms with van der Waals surface area (Å²) in [7, 11) is -3.05. The molecule has 88 valence electrons. The van der Waals surface area contributed by atoms with E-state index in [0.29, 0.717) is 5.56 Å². The van der Waals surface area contributed by atoms with Gasteiger partial charge in [0, 0.05) is 15.6 Å². The van der Waals surface area contributed by atoms with Crippen LogP contribution < -0.4 is 5.32 Å². The third-order valence-electron chi connectivity index (χ3n) is 2.37. The average molecular weight is 313 g/mol. The Morgan fingerprint density at radius 3 is 2.76 bits per heavy atom. The average Bonchev–Trinajstić information content (AvgIpc) is 2.61. The van der Waals surface area contributed by atoms with Gasteiger partial charge in [-0.05, 0) is 34.1 Å². The minimum atomic E-state index is -3.05. The molecule has 6 heteroatoms. The van der Waals surface area contributed by atoms with E-state index in [1.54, 1.807) is 24.3 Å². The van der Waals surface area contributed by atoms with Crippen molar-refractivity contribution in [1.29, 1.82) is 5.26 Å². The molecular weight excluding hydrogens is 304 g/mol. The lowest BCUT2D eigenvalue weighted by Crippen LogP contribution is -2.21. The molecule has 0 amide bonds. The van der Waals surface area contributed by atoms with Crippen molar-refractivity contribution in [3.63, 3.8) is 0 Å². The summed E-state index contributed by atoms with van der Waals surface area (Å²) < 4.78 is 23.2. The smallest absolute Gasteiger partial charge is 0.173 e. The summed E-state index contributed by atoms with van der Waals surface area (Å²) in [5, 5.41) is 13.0. The molecule has 0 bridgehead atoms. The molecule has 1 aromatic carbocycles. The first-order valence-electron chi connectivity index (χ1n) is 4.87. The van der Waals surface area contributed by atoms with E-state index >= 15 is 0 Å². The van der Waals surface area contributed by atoms with Gasteiger partial charge in [0.1, 0.15) is 0 Å². The zero-order chi connectivity index (χ0) is 12.5. The van der Waals surface area contributed by atoms with Crippen molar-refractivity contribution in [3.05, 3.63) is 39.7 Å². The molecule has 1 heterocycles. The fourth-order valence-corrected chi connectivity index (χ4v) is 3.30. The maximum absolute atomic E-state index is 11.2. The monoisotopic (exact) mass is 312 g/mol. The minimum Gasteiger partial charge on any atom is -0.377 e. The third-order valence-corrected chi connectivity index (χ3v) is 4.42. The van der Waals surface area contributed by atoms with E-state index in [-0.39, 0.29) is 11.8 Å². The quantitative estimate of drug-likeness (QED) is 0.907. The maximum atomic E-state index is 11.2. The molecule has 1 aliphatic heterocycles. The standard InChI is InChI=1S/C11H9BrN2O2S/c12-10-5-8(6-13)1-2-11(10)14-9-3-4-17(15,16)7-9/h1-5,9,14H,7H2. The molecule has 0 saturated heterocycles. The number of sulfone groups is 1. The number of nitrogens with one attached hydrogen (secondary N) is 1. The van der Waals surface area contributed by atoms with Crippen LogP contribution in [0.5, 0.6) is 0 Å². The van der Waals surface area contributed by atoms with Crippen molar-refractivity contribution in [1.82, 2.24) is 0 Å². The van der Waals surface area contributed by atoms with Gasteiger partial charge >= 0.3 is 0 Å². The van der Waals surface area contributed by atoms with Crippen LogP contribution in [0, 0.1) is 11.3 Å². The Bertz CT molecular complexity index is 617. The fourth-order valence-electron chi connectivity index (χ4n) is 1.57. The van der Waals surface area contributed by atoms with Crippen LogP contribution in [-0.2, 0) is 9.84 Å². The lowest BCUT2D eigenvalue weighted by atomic mass is 10.2. The van der Waals surface area contributed by atoms with Gasteiger partial charge in [-0.3, -0.25) is 0 Å². The van der Waals surface area contributed by atoms with Gasteiger partial charge in [-0.15, -0.1) is 0 Å². The van der Waals surface area contributed by atoms with Gasteiger partial charge in [0.25, 0.3) is 0 Å². The van der Waals surface area contributed by atoms with Gasteiger partial charge in [0.05, 0.1) is 23.4 Å². The molecule has 0 aliphatic carbocycles. The number of anilines is 1. The summed E-state index contributed by atoms with van der Waals surface area (Å²) in [6.07, 6.45) is 1.62. The van der Waals surface area contributed by atoms with Crippen LogP contribution in [-0.4, -0.2) is 20.2 Å². The van der Waals surface area contributed by atoms with Gasteiger partial charge in [-0.25, -0.2) is 8.42 Å². The molecule has 2 rings (SSSR count). The molecule has 1 N–H and O–H groups in total. The lowest BCUT2D eigenvalue weighted by Gasteiger charge is -2.13. The molecule has 0 aromatic heterocycles. The van der Waals surface area contributed by atoms with Gasteiger partial charge in [-0.2, -0.15) is 5.26 Å². The van der Waals surface area contributed by atoms with E-state index in [0.717, 1.165) is 10.2 Å². The Morgan fingerprint density at radius 1 is 1.47 bits per heavy atom. The zero-order valence-corrected chi connectivity index (χ0v) is 11.1. The molecule has 0 radical (unpaired) electrons. The molecule has 0 spiro atoms. The van der Waals surface area contributed by atoms with Crippen LogP contribution in [0.2, 0.25) is 0 Å². The van der Waals surface area contributed by atoms with Crippen molar-refractivity contribution in [2.45, 2.75) is 6.04 Å². The molecule has 0 fully saturated rings. The first-order valence-corrected chi connectivity index (χ1v) is 7.38. The number of nitrogens with zero attached hydrogens (tertiary/aromatic N) is 1. The molecular formula is C11H9BrN2O2S. The number of nitriles is 1. The van der Waals surface area contributed by atoms with E-state index in [1.807, 2.05) is 6.07 Å². The van der Waals surface area contributed by atoms with Crippen LogP contribution in [0.25, 0.3) is 0 Å². The topological polar surface area (TPSA) is 70.0 Å². The third kappa shape index (κ3) is 2.87. The number of benzene rings is 1. The summed E-state index contributed by atoms with van der Waals surface area (Å²) in [6, 6.07) is 6.94. The predicted octanol–water partition coefficient (Wildman–Crippen LogP) is 2.04. The SMILES string of the molecule is N#Cc1ccc(NC2C=CS(=O)(=O)C2)c(Br)c1. The summed E-state index contributed by atoms with van der Waals surface area (Å²) >= 11 is 3.34. The predicted molar refractivity (Wildman–Crippen MR) is 69.2 cm³/mol. The highest BCUT2D eigenvalue weighted by molar-refractivity contribution is 9.10. The van der Waals surface area contributed by atoms with E-state index < -0.39 is 9.84 Å². The second-order valence-electron chi connectivity index (χ2n) is 3.72. The van der Waals surface area contributed by atoms with Gasteiger partial charge < -0.3 is 5.32 Å². The second kappa shape index (κ2) is 4.51. The normalized spacial score (nSPS) is 21.1. The van der Waals surface area contributed by atoms with Crippen LogP contribution in [0.4, 0.5) is 5.69 Å². The molecule has 0 saturated carbocycles. The van der Waals surface area contributed by atoms with Crippen LogP contribution in [0.3, 0.4) is 0 Å². The largest absolute Gasteiger partial charge is 0.377 e. The van der Waals surface area contributed by atoms with E-state index in [9.17, 15) is 8.42 Å². The van der Waals surface area contributed by atoms with E-state index in [4.69, 9.17) is 5.26 Å². The Hall–Kier alpha value is -1.32. The highest BCUT2D eigenvalue weighted by Crippen LogP contribution is 2.25. The molecule has 1 aliphatic rings. The fraction of sp³-hybridized carbons (Fsp3) is 0.182. The maximum Gasteiger partial charge on any atom is 0.173 e. The van der Waals surface area contributed by atoms with Gasteiger partial charge in [0.2, 0.25) is 0 Å². The molecule has 1 unspecified atom stereocenters. The zero-order valence-electron chi connectivity index (χ0n) is 8.72. The number of hydrogen-bond acceptors (Lipinski definition) is 4. The van der Waals surface area contributed by atoms with Crippen molar-refractivity contribution in [3.8, 4) is 6.07 Å². The highest BCUT2D eigenvalue weighted by atomic mass is 79.9. The Labute approximate surface area is 108 Å². The number of rotatable bonds is 2. The molecule has 4 nitrogen and oxygen atoms in total. The Kier molecular flexibility index (Phi) is 3.22. The minimum absolute atomic E-state index is 0.0689. The number of halogens is 1.